The molecule has 0 spiro atoms. The molecule has 1 N–H and O–H groups in total. The number of phenols is 1. The molecule has 0 unspecified atom stereocenters. The van der Waals surface area contributed by atoms with Gasteiger partial charge in [-0.25, -0.2) is 4.90 Å². The van der Waals surface area contributed by atoms with E-state index >= 15 is 0 Å². The molecule has 4 nitrogen and oxygen atoms in total. The number of allylic oxidation sites excluding steroid dienone is 3. The van der Waals surface area contributed by atoms with E-state index in [-0.39, 0.29) is 23.5 Å². The molecule has 0 radical (unpaired) electrons. The smallest absolute Gasteiger partial charge is 0.241 e. The average molecular weight is 409 g/mol. The fourth-order valence-electron chi connectivity index (χ4n) is 5.37. The Morgan fingerprint density at radius 2 is 1.68 bits per heavy atom. The monoisotopic (exact) mass is 409 g/mol. The molecule has 0 bridgehead atoms. The summed E-state index contributed by atoms with van der Waals surface area (Å²) in [4.78, 5) is 28.7. The van der Waals surface area contributed by atoms with Crippen LogP contribution >= 0.6 is 0 Å². The van der Waals surface area contributed by atoms with Crippen molar-refractivity contribution in [3.63, 3.8) is 0 Å². The Balaban J connectivity index is 1.74. The third-order valence-corrected chi connectivity index (χ3v) is 6.92. The Bertz CT molecular complexity index is 1260. The zero-order valence-electron chi connectivity index (χ0n) is 17.3. The zero-order valence-corrected chi connectivity index (χ0v) is 17.3. The van der Waals surface area contributed by atoms with Gasteiger partial charge < -0.3 is 5.11 Å². The van der Waals surface area contributed by atoms with Gasteiger partial charge in [-0.2, -0.15) is 0 Å². The van der Waals surface area contributed by atoms with Gasteiger partial charge in [-0.3, -0.25) is 9.59 Å². The number of amides is 2. The van der Waals surface area contributed by atoms with Gasteiger partial charge in [0.05, 0.1) is 17.0 Å². The third kappa shape index (κ3) is 2.61. The van der Waals surface area contributed by atoms with Crippen molar-refractivity contribution in [3.05, 3.63) is 96.6 Å². The molecule has 1 heterocycles. The normalized spacial score (nSPS) is 25.5. The van der Waals surface area contributed by atoms with Crippen LogP contribution in [0.25, 0.3) is 10.8 Å². The molecule has 3 atom stereocenters. The zero-order chi connectivity index (χ0) is 21.8. The minimum Gasteiger partial charge on any atom is -0.507 e. The van der Waals surface area contributed by atoms with Crippen LogP contribution < -0.4 is 4.90 Å². The van der Waals surface area contributed by atoms with Gasteiger partial charge in [0.1, 0.15) is 5.75 Å². The van der Waals surface area contributed by atoms with Crippen molar-refractivity contribution in [2.45, 2.75) is 19.3 Å². The molecule has 1 aliphatic carbocycles. The Hall–Kier alpha value is -3.66. The maximum Gasteiger partial charge on any atom is 0.241 e. The van der Waals surface area contributed by atoms with E-state index < -0.39 is 11.3 Å². The number of anilines is 1. The quantitative estimate of drug-likeness (QED) is 0.594. The van der Waals surface area contributed by atoms with Gasteiger partial charge in [0.25, 0.3) is 0 Å². The van der Waals surface area contributed by atoms with E-state index in [0.717, 1.165) is 21.9 Å². The molecule has 0 aromatic heterocycles. The Labute approximate surface area is 181 Å². The highest BCUT2D eigenvalue weighted by atomic mass is 16.3. The van der Waals surface area contributed by atoms with Crippen molar-refractivity contribution in [2.24, 2.45) is 11.3 Å². The summed E-state index contributed by atoms with van der Waals surface area (Å²) in [5, 5.41) is 12.0. The highest BCUT2D eigenvalue weighted by Gasteiger charge is 2.62. The minimum absolute atomic E-state index is 0.161. The van der Waals surface area contributed by atoms with Crippen molar-refractivity contribution in [2.75, 3.05) is 4.90 Å². The average Bonchev–Trinajstić information content (AvgIpc) is 3.00. The number of aromatic hydroxyl groups is 1. The molecule has 4 heteroatoms. The van der Waals surface area contributed by atoms with Gasteiger partial charge in [0, 0.05) is 11.3 Å². The maximum atomic E-state index is 13.9. The molecular weight excluding hydrogens is 386 g/mol. The summed E-state index contributed by atoms with van der Waals surface area (Å²) in [6.45, 7) is 5.90. The SMILES string of the molecule is C=CC1=CC[C@H]2C(=O)N(c3ccccc3)C(=O)[C@@]2(C)[C@H]1c1ccc(O)c2ccccc12. The number of benzene rings is 3. The van der Waals surface area contributed by atoms with Crippen LogP contribution in [0, 0.1) is 11.3 Å². The summed E-state index contributed by atoms with van der Waals surface area (Å²) in [6, 6.07) is 20.3. The first-order chi connectivity index (χ1) is 15.0. The first-order valence-electron chi connectivity index (χ1n) is 10.4. The van der Waals surface area contributed by atoms with Crippen LogP contribution in [0.4, 0.5) is 5.69 Å². The Morgan fingerprint density at radius 1 is 1.00 bits per heavy atom. The topological polar surface area (TPSA) is 57.6 Å². The van der Waals surface area contributed by atoms with Gasteiger partial charge in [-0.15, -0.1) is 0 Å². The van der Waals surface area contributed by atoms with E-state index in [0.29, 0.717) is 12.1 Å². The lowest BCUT2D eigenvalue weighted by Gasteiger charge is -2.40. The molecule has 1 fully saturated rings. The van der Waals surface area contributed by atoms with Crippen molar-refractivity contribution in [1.29, 1.82) is 0 Å². The lowest BCUT2D eigenvalue weighted by molar-refractivity contribution is -0.127. The second-order valence-electron chi connectivity index (χ2n) is 8.45. The predicted molar refractivity (Wildman–Crippen MR) is 122 cm³/mol. The highest BCUT2D eigenvalue weighted by molar-refractivity contribution is 6.24. The Kier molecular flexibility index (Phi) is 4.33. The van der Waals surface area contributed by atoms with Crippen LogP contribution in [0.5, 0.6) is 5.75 Å². The Morgan fingerprint density at radius 3 is 2.39 bits per heavy atom. The first kappa shape index (κ1) is 19.3. The number of hydrogen-bond acceptors (Lipinski definition) is 3. The van der Waals surface area contributed by atoms with Gasteiger partial charge >= 0.3 is 0 Å². The van der Waals surface area contributed by atoms with Gasteiger partial charge in [0.15, 0.2) is 0 Å². The first-order valence-corrected chi connectivity index (χ1v) is 10.4. The van der Waals surface area contributed by atoms with E-state index in [1.165, 1.54) is 4.90 Å². The van der Waals surface area contributed by atoms with Crippen LogP contribution in [-0.2, 0) is 9.59 Å². The largest absolute Gasteiger partial charge is 0.507 e. The van der Waals surface area contributed by atoms with E-state index in [2.05, 4.69) is 6.58 Å². The number of nitrogens with zero attached hydrogens (tertiary/aromatic N) is 1. The molecule has 3 aromatic rings. The van der Waals surface area contributed by atoms with Crippen LogP contribution in [-0.4, -0.2) is 16.9 Å². The third-order valence-electron chi connectivity index (χ3n) is 6.92. The number of fused-ring (bicyclic) bond motifs is 2. The molecule has 5 rings (SSSR count). The minimum atomic E-state index is -0.953. The molecule has 1 saturated heterocycles. The van der Waals surface area contributed by atoms with E-state index in [1.54, 1.807) is 24.3 Å². The second-order valence-corrected chi connectivity index (χ2v) is 8.45. The standard InChI is InChI=1S/C27H23NO3/c1-3-17-13-15-22-25(30)28(18-9-5-4-6-10-18)26(31)27(22,2)24(17)21-14-16-23(29)20-12-8-7-11-19(20)21/h3-14,16,22,24,29H,1,15H2,2H3/t22-,24+,27+/m0/s1. The number of para-hydroxylation sites is 1. The summed E-state index contributed by atoms with van der Waals surface area (Å²) >= 11 is 0. The van der Waals surface area contributed by atoms with Crippen molar-refractivity contribution in [3.8, 4) is 5.75 Å². The number of hydrogen-bond donors (Lipinski definition) is 1. The number of carbonyl (C=O) groups is 2. The van der Waals surface area contributed by atoms with Crippen LogP contribution in [0.15, 0.2) is 91.0 Å². The lowest BCUT2D eigenvalue weighted by atomic mass is 9.59. The van der Waals surface area contributed by atoms with E-state index in [1.807, 2.05) is 61.5 Å². The summed E-state index contributed by atoms with van der Waals surface area (Å²) in [7, 11) is 0. The molecule has 2 aliphatic rings. The molecule has 1 aliphatic heterocycles. The van der Waals surface area contributed by atoms with Gasteiger partial charge in [0.2, 0.25) is 11.8 Å². The van der Waals surface area contributed by atoms with Crippen LogP contribution in [0.2, 0.25) is 0 Å². The summed E-state index contributed by atoms with van der Waals surface area (Å²) in [5.41, 5.74) is 1.50. The molecule has 0 saturated carbocycles. The number of rotatable bonds is 3. The maximum absolute atomic E-state index is 13.9. The van der Waals surface area contributed by atoms with Gasteiger partial charge in [-0.05, 0) is 48.1 Å². The van der Waals surface area contributed by atoms with Crippen LogP contribution in [0.3, 0.4) is 0 Å². The summed E-state index contributed by atoms with van der Waals surface area (Å²) < 4.78 is 0. The molecule has 3 aromatic carbocycles. The van der Waals surface area contributed by atoms with E-state index in [4.69, 9.17) is 0 Å². The van der Waals surface area contributed by atoms with Gasteiger partial charge in [-0.1, -0.05) is 67.3 Å². The summed E-state index contributed by atoms with van der Waals surface area (Å²) in [6.07, 6.45) is 4.32. The highest BCUT2D eigenvalue weighted by Crippen LogP contribution is 2.57. The fraction of sp³-hybridized carbons (Fsp3) is 0.185. The molecular formula is C27H23NO3. The summed E-state index contributed by atoms with van der Waals surface area (Å²) in [5.74, 6) is -0.962. The van der Waals surface area contributed by atoms with E-state index in [9.17, 15) is 14.7 Å². The van der Waals surface area contributed by atoms with Crippen LogP contribution in [0.1, 0.15) is 24.8 Å². The molecule has 154 valence electrons. The van der Waals surface area contributed by atoms with Crippen molar-refractivity contribution in [1.82, 2.24) is 0 Å². The number of carbonyl (C=O) groups excluding carboxylic acids is 2. The number of imide groups is 1. The second kappa shape index (κ2) is 6.95. The van der Waals surface area contributed by atoms with Crippen molar-refractivity contribution >= 4 is 28.3 Å². The predicted octanol–water partition coefficient (Wildman–Crippen LogP) is 5.34. The van der Waals surface area contributed by atoms with Crippen molar-refractivity contribution < 1.29 is 14.7 Å². The lowest BCUT2D eigenvalue weighted by Crippen LogP contribution is -2.41. The number of phenolic OH excluding ortho intramolecular Hbond substituents is 1. The molecule has 31 heavy (non-hydrogen) atoms. The molecule has 2 amide bonds. The fourth-order valence-corrected chi connectivity index (χ4v) is 5.37.